The van der Waals surface area contributed by atoms with E-state index in [0.717, 1.165) is 62.5 Å². The lowest BCUT2D eigenvalue weighted by molar-refractivity contribution is 0.101. The van der Waals surface area contributed by atoms with E-state index < -0.39 is 18.0 Å². The van der Waals surface area contributed by atoms with E-state index in [1.54, 1.807) is 54.6 Å². The summed E-state index contributed by atoms with van der Waals surface area (Å²) >= 11 is 3.50. The molecule has 2 aliphatic carbocycles. The molecule has 0 unspecified atom stereocenters. The van der Waals surface area contributed by atoms with Crippen molar-refractivity contribution in [2.75, 3.05) is 31.0 Å². The molecule has 0 saturated heterocycles. The zero-order valence-electron chi connectivity index (χ0n) is 35.5. The third-order valence-electron chi connectivity index (χ3n) is 11.2. The van der Waals surface area contributed by atoms with Crippen LogP contribution in [0.25, 0.3) is 21.8 Å². The number of pyridine rings is 2. The lowest BCUT2D eigenvalue weighted by atomic mass is 9.94. The van der Waals surface area contributed by atoms with Crippen LogP contribution in [0, 0.1) is 24.2 Å². The molecule has 2 fully saturated rings. The number of benzene rings is 4. The van der Waals surface area contributed by atoms with Crippen LogP contribution < -0.4 is 26.2 Å². The Labute approximate surface area is 382 Å². The van der Waals surface area contributed by atoms with Gasteiger partial charge in [0.25, 0.3) is 11.8 Å². The van der Waals surface area contributed by atoms with E-state index in [2.05, 4.69) is 59.5 Å². The molecule has 15 heteroatoms. The summed E-state index contributed by atoms with van der Waals surface area (Å²) in [5, 5.41) is 33.6. The fraction of sp³-hybridized carbons (Fsp3) is 0.260. The number of aromatic amines is 2. The van der Waals surface area contributed by atoms with Crippen molar-refractivity contribution in [3.63, 3.8) is 0 Å². The molecular weight excluding hydrogens is 896 g/mol. The Balaban J connectivity index is 0.000000199. The summed E-state index contributed by atoms with van der Waals surface area (Å²) < 4.78 is 10.6. The molecule has 6 aromatic rings. The summed E-state index contributed by atoms with van der Waals surface area (Å²) in [5.41, 5.74) is 3.38. The predicted molar refractivity (Wildman–Crippen MR) is 253 cm³/mol. The molecule has 2 amide bonds. The Morgan fingerprint density at radius 1 is 0.754 bits per heavy atom. The van der Waals surface area contributed by atoms with Crippen LogP contribution in [0.1, 0.15) is 101 Å². The maximum Gasteiger partial charge on any atom is 0.513 e. The van der Waals surface area contributed by atoms with Crippen LogP contribution in [0.5, 0.6) is 11.5 Å². The van der Waals surface area contributed by atoms with Crippen molar-refractivity contribution >= 4 is 67.1 Å². The summed E-state index contributed by atoms with van der Waals surface area (Å²) in [5.74, 6) is 7.22. The molecule has 14 nitrogen and oxygen atoms in total. The second-order valence-electron chi connectivity index (χ2n) is 15.2. The van der Waals surface area contributed by atoms with Crippen LogP contribution in [0.2, 0.25) is 0 Å². The first-order chi connectivity index (χ1) is 31.5. The number of rotatable bonds is 7. The van der Waals surface area contributed by atoms with E-state index in [0.29, 0.717) is 49.0 Å². The Bertz CT molecular complexity index is 2950. The molecule has 0 bridgehead atoms. The highest BCUT2D eigenvalue weighted by atomic mass is 79.9. The van der Waals surface area contributed by atoms with Crippen LogP contribution in [0.3, 0.4) is 0 Å². The van der Waals surface area contributed by atoms with Gasteiger partial charge in [0.2, 0.25) is 10.9 Å². The maximum absolute atomic E-state index is 12.9. The summed E-state index contributed by atoms with van der Waals surface area (Å²) in [6.45, 7) is -0.475. The minimum Gasteiger partial charge on any atom is -0.508 e. The first-order valence-corrected chi connectivity index (χ1v) is 21.7. The summed E-state index contributed by atoms with van der Waals surface area (Å²) in [6.07, 6.45) is 14.9. The fourth-order valence-corrected chi connectivity index (χ4v) is 8.46. The number of carbonyl (C=O) groups is 3. The van der Waals surface area contributed by atoms with Crippen molar-refractivity contribution in [1.29, 1.82) is 0 Å². The number of aliphatic hydroxyl groups is 2. The monoisotopic (exact) mass is 942 g/mol. The molecule has 0 spiro atoms. The van der Waals surface area contributed by atoms with Gasteiger partial charge < -0.3 is 45.4 Å². The third kappa shape index (κ3) is 11.5. The van der Waals surface area contributed by atoms with Crippen LogP contribution in [0.4, 0.5) is 16.2 Å². The van der Waals surface area contributed by atoms with Crippen LogP contribution >= 0.6 is 15.9 Å². The number of H-pyrrole nitrogens is 2. The number of amides is 2. The van der Waals surface area contributed by atoms with Crippen LogP contribution in [0.15, 0.2) is 99.3 Å². The fourth-order valence-electron chi connectivity index (χ4n) is 8.00. The number of carbonyl (C=O) groups excluding carboxylic acids is 3. The predicted octanol–water partition coefficient (Wildman–Crippen LogP) is 8.45. The standard InChI is InChI=1S/C24H22N2O4.C23H21BrN2O5.C3H4O/c27-11-5-8-16-12-18(15-6-1-2-7-15)22(28)13-21(16)26-24(30)19-14-25-20-10-4-3-9-17(20)23(19)29;1-30-23(29)31-20-11-19(17(24)10-15(20)13-6-2-3-7-13)26-22(28)16-12-25-18-9-5-4-8-14(18)21(16)27;1-2-3-4/h3-4,9-10,12-15,27-28H,1-2,6-7,11H2,(H,25,29)(H,26,30);4-5,8-13H,2-3,6-7H2,1H3,(H,25,27)(H,26,28);1,4H,3H2. The van der Waals surface area contributed by atoms with Gasteiger partial charge in [0, 0.05) is 56.4 Å². The topological polar surface area (TPSA) is 220 Å². The number of aromatic nitrogens is 2. The second-order valence-corrected chi connectivity index (χ2v) is 16.1. The van der Waals surface area contributed by atoms with Gasteiger partial charge in [0.15, 0.2) is 0 Å². The smallest absolute Gasteiger partial charge is 0.508 e. The number of nitrogens with one attached hydrogen (secondary N) is 4. The molecule has 8 rings (SSSR count). The summed E-state index contributed by atoms with van der Waals surface area (Å²) in [7, 11) is 1.24. The number of anilines is 2. The Morgan fingerprint density at radius 2 is 1.26 bits per heavy atom. The Kier molecular flexibility index (Phi) is 16.3. The van der Waals surface area contributed by atoms with Gasteiger partial charge in [-0.25, -0.2) is 4.79 Å². The third-order valence-corrected chi connectivity index (χ3v) is 11.8. The van der Waals surface area contributed by atoms with Crippen molar-refractivity contribution in [3.05, 3.63) is 138 Å². The van der Waals surface area contributed by atoms with Crippen molar-refractivity contribution in [2.45, 2.75) is 63.2 Å². The quantitative estimate of drug-likeness (QED) is 0.0460. The highest BCUT2D eigenvalue weighted by molar-refractivity contribution is 9.10. The summed E-state index contributed by atoms with van der Waals surface area (Å²) in [6, 6.07) is 20.6. The number of para-hydroxylation sites is 2. The highest BCUT2D eigenvalue weighted by Gasteiger charge is 2.26. The number of ether oxygens (including phenoxy) is 2. The lowest BCUT2D eigenvalue weighted by Crippen LogP contribution is -2.22. The number of phenolic OH excluding ortho intramolecular Hbond substituents is 1. The van der Waals surface area contributed by atoms with Crippen LogP contribution in [-0.4, -0.2) is 63.6 Å². The highest BCUT2D eigenvalue weighted by Crippen LogP contribution is 2.43. The van der Waals surface area contributed by atoms with Crippen molar-refractivity contribution in [2.24, 2.45) is 0 Å². The minimum atomic E-state index is -0.829. The van der Waals surface area contributed by atoms with Gasteiger partial charge in [-0.3, -0.25) is 19.2 Å². The molecule has 2 heterocycles. The van der Waals surface area contributed by atoms with Crippen molar-refractivity contribution in [1.82, 2.24) is 9.97 Å². The molecule has 2 aromatic heterocycles. The molecule has 2 saturated carbocycles. The van der Waals surface area contributed by atoms with Crippen molar-refractivity contribution in [3.8, 4) is 35.7 Å². The van der Waals surface area contributed by atoms with Gasteiger partial charge in [0.05, 0.1) is 18.5 Å². The zero-order valence-corrected chi connectivity index (χ0v) is 37.0. The number of fused-ring (bicyclic) bond motifs is 2. The Hall–Kier alpha value is -7.17. The first kappa shape index (κ1) is 47.3. The molecule has 334 valence electrons. The SMILES string of the molecule is C#CCO.COC(=O)Oc1cc(NC(=O)c2c[nH]c3ccccc3c2=O)c(Br)cc1C1CCCC1.O=C(Nc1cc(O)c(C2CCCC2)cc1C#CCO)c1c[nH]c2ccccc2c1=O. The number of methoxy groups -OCH3 is 1. The number of halogens is 1. The average molecular weight is 944 g/mol. The van der Waals surface area contributed by atoms with Gasteiger partial charge in [-0.05, 0) is 101 Å². The van der Waals surface area contributed by atoms with Gasteiger partial charge in [0.1, 0.15) is 35.8 Å². The number of aromatic hydroxyl groups is 1. The van der Waals surface area contributed by atoms with E-state index in [1.165, 1.54) is 25.6 Å². The minimum absolute atomic E-state index is 0.0131. The van der Waals surface area contributed by atoms with Gasteiger partial charge in [-0.2, -0.15) is 0 Å². The normalized spacial score (nSPS) is 13.3. The molecular formula is C50H47BrN4O10. The molecule has 4 aromatic carbocycles. The molecule has 0 aliphatic heterocycles. The second kappa shape index (κ2) is 22.4. The molecule has 0 atom stereocenters. The number of aliphatic hydroxyl groups excluding tert-OH is 2. The molecule has 0 radical (unpaired) electrons. The maximum atomic E-state index is 12.9. The largest absolute Gasteiger partial charge is 0.513 e. The van der Waals surface area contributed by atoms with Crippen molar-refractivity contribution < 1.29 is 39.2 Å². The van der Waals surface area contributed by atoms with Gasteiger partial charge in [-0.1, -0.05) is 67.7 Å². The number of hydrogen-bond donors (Lipinski definition) is 7. The first-order valence-electron chi connectivity index (χ1n) is 20.9. The number of phenols is 1. The molecule has 7 N–H and O–H groups in total. The Morgan fingerprint density at radius 3 is 1.77 bits per heavy atom. The number of hydrogen-bond acceptors (Lipinski definition) is 10. The molecule has 65 heavy (non-hydrogen) atoms. The van der Waals surface area contributed by atoms with E-state index in [-0.39, 0.29) is 52.8 Å². The van der Waals surface area contributed by atoms with E-state index in [1.807, 2.05) is 18.1 Å². The van der Waals surface area contributed by atoms with Gasteiger partial charge >= 0.3 is 6.16 Å². The summed E-state index contributed by atoms with van der Waals surface area (Å²) in [4.78, 5) is 68.9. The lowest BCUT2D eigenvalue weighted by Gasteiger charge is -2.18. The number of terminal acetylenes is 1. The average Bonchev–Trinajstić information content (AvgIpc) is 4.07. The van der Waals surface area contributed by atoms with Crippen LogP contribution in [-0.2, 0) is 4.74 Å². The van der Waals surface area contributed by atoms with E-state index in [9.17, 15) is 29.1 Å². The zero-order chi connectivity index (χ0) is 46.5. The van der Waals surface area contributed by atoms with Gasteiger partial charge in [-0.15, -0.1) is 6.42 Å². The molecule has 2 aliphatic rings. The van der Waals surface area contributed by atoms with E-state index >= 15 is 0 Å². The van der Waals surface area contributed by atoms with E-state index in [4.69, 9.17) is 14.9 Å².